The van der Waals surface area contributed by atoms with Crippen molar-refractivity contribution in [2.45, 2.75) is 26.7 Å². The first kappa shape index (κ1) is 16.5. The van der Waals surface area contributed by atoms with Gasteiger partial charge in [-0.15, -0.1) is 0 Å². The van der Waals surface area contributed by atoms with Gasteiger partial charge in [0.25, 0.3) is 5.91 Å². The molecule has 0 atom stereocenters. The van der Waals surface area contributed by atoms with E-state index in [2.05, 4.69) is 19.2 Å². The van der Waals surface area contributed by atoms with Gasteiger partial charge in [-0.05, 0) is 31.0 Å². The smallest absolute Gasteiger partial charge is 0.253 e. The number of anilines is 1. The van der Waals surface area contributed by atoms with Crippen LogP contribution in [0.1, 0.15) is 37.0 Å². The average molecular weight is 278 g/mol. The summed E-state index contributed by atoms with van der Waals surface area (Å²) in [5.74, 6) is -0.00643. The highest BCUT2D eigenvalue weighted by molar-refractivity contribution is 5.94. The van der Waals surface area contributed by atoms with Crippen LogP contribution in [0.4, 0.5) is 5.69 Å². The van der Waals surface area contributed by atoms with Crippen LogP contribution in [-0.4, -0.2) is 43.2 Å². The van der Waals surface area contributed by atoms with Crippen LogP contribution in [-0.2, 0) is 0 Å². The van der Waals surface area contributed by atoms with Gasteiger partial charge in [-0.3, -0.25) is 4.79 Å². The topological polar surface area (TPSA) is 52.6 Å². The molecule has 0 bridgehead atoms. The molecule has 20 heavy (non-hydrogen) atoms. The highest BCUT2D eigenvalue weighted by Crippen LogP contribution is 2.26. The summed E-state index contributed by atoms with van der Waals surface area (Å²) in [4.78, 5) is 13.5. The Labute approximate surface area is 121 Å². The van der Waals surface area contributed by atoms with Crippen molar-refractivity contribution in [2.75, 3.05) is 32.6 Å². The lowest BCUT2D eigenvalue weighted by Gasteiger charge is -2.30. The minimum Gasteiger partial charge on any atom is -0.396 e. The van der Waals surface area contributed by atoms with Crippen LogP contribution in [0.15, 0.2) is 24.3 Å². The van der Waals surface area contributed by atoms with E-state index in [0.29, 0.717) is 12.1 Å². The Bertz CT molecular complexity index is 432. The SMILES string of the molecule is CCC(CC)(CO)CNc1cccc(C(=O)N(C)C)c1. The number of amides is 1. The van der Waals surface area contributed by atoms with Crippen molar-refractivity contribution in [3.05, 3.63) is 29.8 Å². The second-order valence-corrected chi connectivity index (χ2v) is 5.50. The van der Waals surface area contributed by atoms with Crippen molar-refractivity contribution < 1.29 is 9.90 Å². The van der Waals surface area contributed by atoms with Crippen molar-refractivity contribution in [3.63, 3.8) is 0 Å². The molecule has 0 spiro atoms. The molecule has 1 rings (SSSR count). The van der Waals surface area contributed by atoms with Crippen molar-refractivity contribution in [2.24, 2.45) is 5.41 Å². The van der Waals surface area contributed by atoms with Gasteiger partial charge < -0.3 is 15.3 Å². The monoisotopic (exact) mass is 278 g/mol. The Morgan fingerprint density at radius 1 is 1.30 bits per heavy atom. The summed E-state index contributed by atoms with van der Waals surface area (Å²) in [6.45, 7) is 5.06. The standard InChI is InChI=1S/C16H26N2O2/c1-5-16(6-2,12-19)11-17-14-9-7-8-13(10-14)15(20)18(3)4/h7-10,17,19H,5-6,11-12H2,1-4H3. The Kier molecular flexibility index (Phi) is 6.02. The van der Waals surface area contributed by atoms with Gasteiger partial charge in [-0.25, -0.2) is 0 Å². The van der Waals surface area contributed by atoms with Crippen LogP contribution < -0.4 is 5.32 Å². The molecule has 0 unspecified atom stereocenters. The molecule has 0 aromatic heterocycles. The molecule has 0 aliphatic heterocycles. The van der Waals surface area contributed by atoms with Crippen molar-refractivity contribution in [3.8, 4) is 0 Å². The van der Waals surface area contributed by atoms with E-state index in [1.807, 2.05) is 24.3 Å². The number of carbonyl (C=O) groups excluding carboxylic acids is 1. The molecule has 0 aliphatic rings. The van der Waals surface area contributed by atoms with Crippen LogP contribution in [0.25, 0.3) is 0 Å². The zero-order chi connectivity index (χ0) is 15.2. The zero-order valence-corrected chi connectivity index (χ0v) is 12.9. The second-order valence-electron chi connectivity index (χ2n) is 5.50. The fourth-order valence-electron chi connectivity index (χ4n) is 2.09. The summed E-state index contributed by atoms with van der Waals surface area (Å²) < 4.78 is 0. The van der Waals surface area contributed by atoms with E-state index >= 15 is 0 Å². The Balaban J connectivity index is 2.79. The number of nitrogens with one attached hydrogen (secondary N) is 1. The number of aliphatic hydroxyl groups excluding tert-OH is 1. The van der Waals surface area contributed by atoms with Crippen LogP contribution in [0.2, 0.25) is 0 Å². The molecular weight excluding hydrogens is 252 g/mol. The molecule has 2 N–H and O–H groups in total. The predicted molar refractivity (Wildman–Crippen MR) is 83.1 cm³/mol. The Hall–Kier alpha value is -1.55. The van der Waals surface area contributed by atoms with E-state index in [-0.39, 0.29) is 17.9 Å². The molecule has 4 nitrogen and oxygen atoms in total. The van der Waals surface area contributed by atoms with Crippen molar-refractivity contribution in [1.29, 1.82) is 0 Å². The summed E-state index contributed by atoms with van der Waals surface area (Å²) in [5, 5.41) is 12.9. The Morgan fingerprint density at radius 3 is 2.45 bits per heavy atom. The number of benzene rings is 1. The first-order valence-corrected chi connectivity index (χ1v) is 7.14. The number of aliphatic hydroxyl groups is 1. The summed E-state index contributed by atoms with van der Waals surface area (Å²) in [6.07, 6.45) is 1.84. The third-order valence-corrected chi connectivity index (χ3v) is 4.02. The lowest BCUT2D eigenvalue weighted by Crippen LogP contribution is -2.32. The molecular formula is C16H26N2O2. The predicted octanol–water partition coefficient (Wildman–Crippen LogP) is 2.60. The van der Waals surface area contributed by atoms with Gasteiger partial charge in [0.05, 0.1) is 6.61 Å². The van der Waals surface area contributed by atoms with Crippen LogP contribution in [0, 0.1) is 5.41 Å². The number of carbonyl (C=O) groups is 1. The fourth-order valence-corrected chi connectivity index (χ4v) is 2.09. The third kappa shape index (κ3) is 3.97. The van der Waals surface area contributed by atoms with Gasteiger partial charge in [0, 0.05) is 37.3 Å². The first-order chi connectivity index (χ1) is 9.48. The number of rotatable bonds is 7. The number of nitrogens with zero attached hydrogens (tertiary/aromatic N) is 1. The van der Waals surface area contributed by atoms with Crippen LogP contribution >= 0.6 is 0 Å². The second kappa shape index (κ2) is 7.29. The number of hydrogen-bond donors (Lipinski definition) is 2. The van der Waals surface area contributed by atoms with Gasteiger partial charge >= 0.3 is 0 Å². The largest absolute Gasteiger partial charge is 0.396 e. The normalized spacial score (nSPS) is 11.2. The van der Waals surface area contributed by atoms with Crippen LogP contribution in [0.3, 0.4) is 0 Å². The zero-order valence-electron chi connectivity index (χ0n) is 12.9. The molecule has 4 heteroatoms. The molecule has 1 amide bonds. The molecule has 1 aromatic carbocycles. The van der Waals surface area contributed by atoms with Gasteiger partial charge in [-0.2, -0.15) is 0 Å². The van der Waals surface area contributed by atoms with E-state index in [4.69, 9.17) is 0 Å². The van der Waals surface area contributed by atoms with Gasteiger partial charge in [0.15, 0.2) is 0 Å². The molecule has 0 saturated heterocycles. The minimum atomic E-state index is -0.0957. The third-order valence-electron chi connectivity index (χ3n) is 4.02. The van der Waals surface area contributed by atoms with E-state index in [1.54, 1.807) is 19.0 Å². The molecule has 0 radical (unpaired) electrons. The first-order valence-electron chi connectivity index (χ1n) is 7.14. The van der Waals surface area contributed by atoms with Crippen molar-refractivity contribution >= 4 is 11.6 Å². The minimum absolute atomic E-state index is 0.00643. The Morgan fingerprint density at radius 2 is 1.95 bits per heavy atom. The van der Waals surface area contributed by atoms with Crippen molar-refractivity contribution in [1.82, 2.24) is 4.90 Å². The van der Waals surface area contributed by atoms with Gasteiger partial charge in [0.2, 0.25) is 0 Å². The fraction of sp³-hybridized carbons (Fsp3) is 0.562. The maximum absolute atomic E-state index is 11.9. The van der Waals surface area contributed by atoms with E-state index < -0.39 is 0 Å². The maximum Gasteiger partial charge on any atom is 0.253 e. The van der Waals surface area contributed by atoms with Gasteiger partial charge in [0.1, 0.15) is 0 Å². The molecule has 0 fully saturated rings. The maximum atomic E-state index is 11.9. The summed E-state index contributed by atoms with van der Waals surface area (Å²) in [7, 11) is 3.49. The number of hydrogen-bond acceptors (Lipinski definition) is 3. The summed E-state index contributed by atoms with van der Waals surface area (Å²) >= 11 is 0. The van der Waals surface area contributed by atoms with E-state index in [1.165, 1.54) is 0 Å². The highest BCUT2D eigenvalue weighted by atomic mass is 16.3. The molecule has 0 heterocycles. The average Bonchev–Trinajstić information content (AvgIpc) is 2.48. The quantitative estimate of drug-likeness (QED) is 0.806. The molecule has 0 aliphatic carbocycles. The molecule has 0 saturated carbocycles. The molecule has 112 valence electrons. The van der Waals surface area contributed by atoms with Crippen LogP contribution in [0.5, 0.6) is 0 Å². The summed E-state index contributed by atoms with van der Waals surface area (Å²) in [6, 6.07) is 7.49. The highest BCUT2D eigenvalue weighted by Gasteiger charge is 2.24. The molecule has 1 aromatic rings. The van der Waals surface area contributed by atoms with E-state index in [9.17, 15) is 9.90 Å². The van der Waals surface area contributed by atoms with Gasteiger partial charge in [-0.1, -0.05) is 19.9 Å². The lowest BCUT2D eigenvalue weighted by molar-refractivity contribution is 0.0827. The summed E-state index contributed by atoms with van der Waals surface area (Å²) in [5.41, 5.74) is 1.49. The lowest BCUT2D eigenvalue weighted by atomic mass is 9.83. The van der Waals surface area contributed by atoms with E-state index in [0.717, 1.165) is 18.5 Å².